The summed E-state index contributed by atoms with van der Waals surface area (Å²) in [6.45, 7) is 1.38. The molecule has 1 fully saturated rings. The lowest BCUT2D eigenvalue weighted by atomic mass is 10.1. The molecule has 0 aliphatic carbocycles. The molecular weight excluding hydrogens is 434 g/mol. The third kappa shape index (κ3) is 5.92. The lowest BCUT2D eigenvalue weighted by molar-refractivity contribution is 0.0254. The molecule has 0 bridgehead atoms. The molecule has 3 aromatic rings. The number of nitrogens with zero attached hydrogens (tertiary/aromatic N) is 4. The van der Waals surface area contributed by atoms with E-state index in [1.54, 1.807) is 30.6 Å². The summed E-state index contributed by atoms with van der Waals surface area (Å²) in [6, 6.07) is 11.2. The normalized spacial score (nSPS) is 13.8. The number of aliphatic hydroxyl groups is 1. The van der Waals surface area contributed by atoms with Crippen LogP contribution in [0.5, 0.6) is 5.75 Å². The smallest absolute Gasteiger partial charge is 0.252 e. The van der Waals surface area contributed by atoms with Gasteiger partial charge in [-0.3, -0.25) is 9.78 Å². The molecule has 9 heteroatoms. The number of aromatic nitrogens is 3. The van der Waals surface area contributed by atoms with Gasteiger partial charge in [0, 0.05) is 50.0 Å². The van der Waals surface area contributed by atoms with Crippen LogP contribution in [0.2, 0.25) is 0 Å². The van der Waals surface area contributed by atoms with Crippen LogP contribution in [0.4, 0.5) is 0 Å². The minimum absolute atomic E-state index is 0.0486. The Labute approximate surface area is 197 Å². The van der Waals surface area contributed by atoms with Gasteiger partial charge in [0.15, 0.2) is 0 Å². The molecule has 1 saturated heterocycles. The van der Waals surface area contributed by atoms with Crippen molar-refractivity contribution < 1.29 is 19.4 Å². The summed E-state index contributed by atoms with van der Waals surface area (Å²) in [5.74, 6) is 0.827. The first-order valence-corrected chi connectivity index (χ1v) is 11.1. The summed E-state index contributed by atoms with van der Waals surface area (Å²) in [5.41, 5.74) is 3.11. The molecule has 0 spiro atoms. The Morgan fingerprint density at radius 2 is 2.09 bits per heavy atom. The lowest BCUT2D eigenvalue weighted by Gasteiger charge is -2.23. The van der Waals surface area contributed by atoms with E-state index in [1.807, 2.05) is 12.1 Å². The standard InChI is InChI=1S/C25H25N5O4/c26-14-19-13-18(1-2-23(19)34-21-4-9-33-10-5-21)22-3-6-28-24(30-22)12-17-11-20(16-27-15-17)25(32)29-7-8-31/h1-3,6,11,13,15-16,21,31H,4-5,7-10,12H2,(H,29,32). The highest BCUT2D eigenvalue weighted by Crippen LogP contribution is 2.27. The number of rotatable bonds is 8. The summed E-state index contributed by atoms with van der Waals surface area (Å²) in [7, 11) is 0. The van der Waals surface area contributed by atoms with Gasteiger partial charge in [-0.1, -0.05) is 0 Å². The summed E-state index contributed by atoms with van der Waals surface area (Å²) >= 11 is 0. The Bertz CT molecular complexity index is 1190. The topological polar surface area (TPSA) is 130 Å². The van der Waals surface area contributed by atoms with E-state index in [4.69, 9.17) is 14.6 Å². The maximum atomic E-state index is 12.1. The summed E-state index contributed by atoms with van der Waals surface area (Å²) in [6.07, 6.45) is 6.85. The predicted octanol–water partition coefficient (Wildman–Crippen LogP) is 2.28. The Kier molecular flexibility index (Phi) is 7.75. The minimum atomic E-state index is -0.301. The van der Waals surface area contributed by atoms with Crippen molar-refractivity contribution in [2.24, 2.45) is 0 Å². The zero-order chi connectivity index (χ0) is 23.8. The first kappa shape index (κ1) is 23.3. The van der Waals surface area contributed by atoms with Crippen molar-refractivity contribution in [3.63, 3.8) is 0 Å². The van der Waals surface area contributed by atoms with Crippen LogP contribution in [0.3, 0.4) is 0 Å². The molecular formula is C25H25N5O4. The highest BCUT2D eigenvalue weighted by atomic mass is 16.5. The molecule has 1 aliphatic heterocycles. The molecule has 2 N–H and O–H groups in total. The average molecular weight is 460 g/mol. The molecule has 0 saturated carbocycles. The van der Waals surface area contributed by atoms with Crippen molar-refractivity contribution in [3.8, 4) is 23.1 Å². The maximum absolute atomic E-state index is 12.1. The molecule has 3 heterocycles. The highest BCUT2D eigenvalue weighted by Gasteiger charge is 2.17. The van der Waals surface area contributed by atoms with Crippen molar-refractivity contribution in [2.75, 3.05) is 26.4 Å². The SMILES string of the molecule is N#Cc1cc(-c2ccnc(Cc3cncc(C(=O)NCCO)c3)n2)ccc1OC1CCOCC1. The molecule has 4 rings (SSSR count). The van der Waals surface area contributed by atoms with Gasteiger partial charge in [0.25, 0.3) is 5.91 Å². The molecule has 1 amide bonds. The second-order valence-corrected chi connectivity index (χ2v) is 7.85. The van der Waals surface area contributed by atoms with E-state index in [2.05, 4.69) is 26.3 Å². The fourth-order valence-corrected chi connectivity index (χ4v) is 3.66. The van der Waals surface area contributed by atoms with Crippen LogP contribution in [0.15, 0.2) is 48.9 Å². The first-order valence-electron chi connectivity index (χ1n) is 11.1. The largest absolute Gasteiger partial charge is 0.489 e. The highest BCUT2D eigenvalue weighted by molar-refractivity contribution is 5.94. The number of hydrogen-bond donors (Lipinski definition) is 2. The van der Waals surface area contributed by atoms with Crippen LogP contribution >= 0.6 is 0 Å². The number of nitriles is 1. The number of carbonyl (C=O) groups excluding carboxylic acids is 1. The molecule has 0 radical (unpaired) electrons. The monoisotopic (exact) mass is 459 g/mol. The van der Waals surface area contributed by atoms with Crippen molar-refractivity contribution in [1.29, 1.82) is 5.26 Å². The number of nitrogens with one attached hydrogen (secondary N) is 1. The first-order chi connectivity index (χ1) is 16.7. The van der Waals surface area contributed by atoms with E-state index in [0.717, 1.165) is 24.0 Å². The van der Waals surface area contributed by atoms with Gasteiger partial charge in [0.05, 0.1) is 36.6 Å². The van der Waals surface area contributed by atoms with Gasteiger partial charge in [0.2, 0.25) is 0 Å². The number of pyridine rings is 1. The maximum Gasteiger partial charge on any atom is 0.252 e. The van der Waals surface area contributed by atoms with Crippen LogP contribution in [0.25, 0.3) is 11.3 Å². The minimum Gasteiger partial charge on any atom is -0.489 e. The van der Waals surface area contributed by atoms with Gasteiger partial charge in [-0.15, -0.1) is 0 Å². The van der Waals surface area contributed by atoms with E-state index in [0.29, 0.717) is 48.0 Å². The van der Waals surface area contributed by atoms with Crippen LogP contribution in [-0.2, 0) is 11.2 Å². The van der Waals surface area contributed by atoms with Crippen LogP contribution in [-0.4, -0.2) is 58.4 Å². The van der Waals surface area contributed by atoms with E-state index in [1.165, 1.54) is 6.20 Å². The molecule has 2 aromatic heterocycles. The Morgan fingerprint density at radius 1 is 1.24 bits per heavy atom. The fraction of sp³-hybridized carbons (Fsp3) is 0.320. The second-order valence-electron chi connectivity index (χ2n) is 7.85. The van der Waals surface area contributed by atoms with E-state index < -0.39 is 0 Å². The lowest BCUT2D eigenvalue weighted by Crippen LogP contribution is -2.26. The Hall–Kier alpha value is -3.87. The quantitative estimate of drug-likeness (QED) is 0.525. The number of amides is 1. The summed E-state index contributed by atoms with van der Waals surface area (Å²) in [4.78, 5) is 25.3. The molecule has 1 aliphatic rings. The number of benzene rings is 1. The number of carbonyl (C=O) groups is 1. The van der Waals surface area contributed by atoms with Crippen LogP contribution < -0.4 is 10.1 Å². The average Bonchev–Trinajstić information content (AvgIpc) is 2.88. The molecule has 0 unspecified atom stereocenters. The zero-order valence-corrected chi connectivity index (χ0v) is 18.6. The fourth-order valence-electron chi connectivity index (χ4n) is 3.66. The van der Waals surface area contributed by atoms with Crippen molar-refractivity contribution in [3.05, 3.63) is 71.4 Å². The molecule has 9 nitrogen and oxygen atoms in total. The number of aliphatic hydroxyl groups excluding tert-OH is 1. The molecule has 0 atom stereocenters. The third-order valence-corrected chi connectivity index (χ3v) is 5.38. The van der Waals surface area contributed by atoms with Crippen molar-refractivity contribution in [1.82, 2.24) is 20.3 Å². The molecule has 174 valence electrons. The molecule has 1 aromatic carbocycles. The van der Waals surface area contributed by atoms with E-state index >= 15 is 0 Å². The van der Waals surface area contributed by atoms with Gasteiger partial charge in [-0.25, -0.2) is 9.97 Å². The number of ether oxygens (including phenoxy) is 2. The zero-order valence-electron chi connectivity index (χ0n) is 18.6. The molecule has 34 heavy (non-hydrogen) atoms. The van der Waals surface area contributed by atoms with Gasteiger partial charge in [-0.2, -0.15) is 5.26 Å². The van der Waals surface area contributed by atoms with Gasteiger partial charge < -0.3 is 19.9 Å². The summed E-state index contributed by atoms with van der Waals surface area (Å²) < 4.78 is 11.4. The van der Waals surface area contributed by atoms with Crippen LogP contribution in [0, 0.1) is 11.3 Å². The Balaban J connectivity index is 1.50. The van der Waals surface area contributed by atoms with E-state index in [9.17, 15) is 10.1 Å². The van der Waals surface area contributed by atoms with E-state index in [-0.39, 0.29) is 25.2 Å². The van der Waals surface area contributed by atoms with Crippen LogP contribution in [0.1, 0.15) is 40.2 Å². The van der Waals surface area contributed by atoms with Gasteiger partial charge in [0.1, 0.15) is 23.7 Å². The van der Waals surface area contributed by atoms with Crippen molar-refractivity contribution in [2.45, 2.75) is 25.4 Å². The van der Waals surface area contributed by atoms with Crippen molar-refractivity contribution >= 4 is 5.91 Å². The second kappa shape index (κ2) is 11.3. The summed E-state index contributed by atoms with van der Waals surface area (Å²) in [5, 5.41) is 21.1. The predicted molar refractivity (Wildman–Crippen MR) is 123 cm³/mol. The number of hydrogen-bond acceptors (Lipinski definition) is 8. The van der Waals surface area contributed by atoms with Gasteiger partial charge >= 0.3 is 0 Å². The Morgan fingerprint density at radius 3 is 2.88 bits per heavy atom. The van der Waals surface area contributed by atoms with Gasteiger partial charge in [-0.05, 0) is 35.9 Å². The third-order valence-electron chi connectivity index (χ3n) is 5.38.